The van der Waals surface area contributed by atoms with Gasteiger partial charge in [0.2, 0.25) is 0 Å². The van der Waals surface area contributed by atoms with Crippen LogP contribution in [0.3, 0.4) is 0 Å². The van der Waals surface area contributed by atoms with E-state index in [1.165, 1.54) is 16.3 Å². The van der Waals surface area contributed by atoms with E-state index >= 15 is 0 Å². The van der Waals surface area contributed by atoms with Gasteiger partial charge >= 0.3 is 0 Å². The van der Waals surface area contributed by atoms with Crippen LogP contribution in [-0.2, 0) is 6.42 Å². The van der Waals surface area contributed by atoms with Crippen LogP contribution in [0.4, 0.5) is 0 Å². The Balaban J connectivity index is 1.58. The van der Waals surface area contributed by atoms with Gasteiger partial charge in [-0.25, -0.2) is 4.68 Å². The highest BCUT2D eigenvalue weighted by Gasteiger charge is 2.28. The first kappa shape index (κ1) is 20.2. The molecule has 4 rings (SSSR count). The number of aromatic nitrogens is 2. The highest BCUT2D eigenvalue weighted by Crippen LogP contribution is 2.19. The number of nitrogens with zero attached hydrogens (tertiary/aromatic N) is 3. The van der Waals surface area contributed by atoms with Crippen molar-refractivity contribution in [2.75, 3.05) is 26.7 Å². The number of likely N-dealkylation sites (tertiary alicyclic amines) is 1. The number of nitrogens with one attached hydrogen (secondary N) is 1. The predicted octanol–water partition coefficient (Wildman–Crippen LogP) is 2.94. The minimum atomic E-state index is -0.226. The van der Waals surface area contributed by atoms with Crippen molar-refractivity contribution in [1.29, 1.82) is 0 Å². The van der Waals surface area contributed by atoms with Crippen LogP contribution in [0.15, 0.2) is 71.5 Å². The molecule has 2 heterocycles. The van der Waals surface area contributed by atoms with Gasteiger partial charge in [0.1, 0.15) is 5.69 Å². The normalized spacial score (nSPS) is 15.2. The van der Waals surface area contributed by atoms with Crippen molar-refractivity contribution in [3.05, 3.63) is 88.3 Å². The van der Waals surface area contributed by atoms with Crippen molar-refractivity contribution in [3.8, 4) is 5.69 Å². The van der Waals surface area contributed by atoms with Crippen LogP contribution in [0.2, 0.25) is 0 Å². The average molecular weight is 405 g/mol. The fourth-order valence-corrected chi connectivity index (χ4v) is 4.08. The van der Waals surface area contributed by atoms with Gasteiger partial charge in [0.05, 0.1) is 5.69 Å². The molecule has 0 aliphatic carbocycles. The summed E-state index contributed by atoms with van der Waals surface area (Å²) in [6, 6.07) is 21.1. The van der Waals surface area contributed by atoms with Gasteiger partial charge in [-0.3, -0.25) is 14.7 Å². The number of carbonyl (C=O) groups excluding carboxylic acids is 1. The van der Waals surface area contributed by atoms with E-state index < -0.39 is 0 Å². The molecule has 1 fully saturated rings. The van der Waals surface area contributed by atoms with Gasteiger partial charge in [0.25, 0.3) is 11.5 Å². The Labute approximate surface area is 176 Å². The molecule has 3 aromatic rings. The van der Waals surface area contributed by atoms with Crippen LogP contribution < -0.4 is 5.56 Å². The zero-order valence-corrected chi connectivity index (χ0v) is 17.3. The van der Waals surface area contributed by atoms with Gasteiger partial charge in [-0.2, -0.15) is 0 Å². The van der Waals surface area contributed by atoms with Gasteiger partial charge in [0.15, 0.2) is 0 Å². The number of hydrogen-bond donors (Lipinski definition) is 1. The van der Waals surface area contributed by atoms with E-state index in [-0.39, 0.29) is 17.5 Å². The monoisotopic (exact) mass is 404 g/mol. The summed E-state index contributed by atoms with van der Waals surface area (Å²) in [6.07, 6.45) is 2.68. The largest absolute Gasteiger partial charge is 0.334 e. The maximum Gasteiger partial charge on any atom is 0.272 e. The van der Waals surface area contributed by atoms with Crippen LogP contribution in [0, 0.1) is 0 Å². The first-order valence-electron chi connectivity index (χ1n) is 10.5. The molecule has 0 bridgehead atoms. The molecule has 1 saturated heterocycles. The van der Waals surface area contributed by atoms with Crippen molar-refractivity contribution in [1.82, 2.24) is 19.6 Å². The molecule has 1 aliphatic rings. The molecule has 1 aromatic heterocycles. The molecule has 6 nitrogen and oxygen atoms in total. The van der Waals surface area contributed by atoms with Gasteiger partial charge in [-0.1, -0.05) is 48.5 Å². The van der Waals surface area contributed by atoms with E-state index in [9.17, 15) is 9.59 Å². The molecule has 2 aromatic carbocycles. The number of benzene rings is 2. The van der Waals surface area contributed by atoms with Crippen molar-refractivity contribution in [2.45, 2.75) is 25.3 Å². The zero-order chi connectivity index (χ0) is 20.9. The molecule has 156 valence electrons. The third-order valence-electron chi connectivity index (χ3n) is 5.84. The fourth-order valence-electron chi connectivity index (χ4n) is 4.08. The number of hydrogen-bond acceptors (Lipinski definition) is 3. The van der Waals surface area contributed by atoms with E-state index in [1.807, 2.05) is 53.4 Å². The Bertz CT molecular complexity index is 1020. The smallest absolute Gasteiger partial charge is 0.272 e. The molecular formula is C24H28N4O2. The lowest BCUT2D eigenvalue weighted by Crippen LogP contribution is -2.47. The number of aromatic amines is 1. The molecular weight excluding hydrogens is 376 g/mol. The van der Waals surface area contributed by atoms with E-state index in [4.69, 9.17) is 0 Å². The number of para-hydroxylation sites is 1. The number of amides is 1. The number of piperidine rings is 1. The molecule has 30 heavy (non-hydrogen) atoms. The molecule has 1 aliphatic heterocycles. The van der Waals surface area contributed by atoms with Crippen molar-refractivity contribution >= 4 is 5.91 Å². The standard InChI is InChI=1S/C24H28N4O2/c1-26-15-13-20(14-16-26)27(17-12-19-8-4-2-5-9-19)24(30)22-18-23(29)28(25-22)21-10-6-3-7-11-21/h2-11,18,20,25H,12-17H2,1H3. The maximum absolute atomic E-state index is 13.5. The first-order valence-corrected chi connectivity index (χ1v) is 10.5. The zero-order valence-electron chi connectivity index (χ0n) is 17.3. The molecule has 1 N–H and O–H groups in total. The SMILES string of the molecule is CN1CCC(N(CCc2ccccc2)C(=O)c2cc(=O)n(-c3ccccc3)[nH]2)CC1. The van der Waals surface area contributed by atoms with Crippen molar-refractivity contribution in [3.63, 3.8) is 0 Å². The Morgan fingerprint density at radius 2 is 1.67 bits per heavy atom. The number of carbonyl (C=O) groups is 1. The van der Waals surface area contributed by atoms with E-state index in [0.29, 0.717) is 12.2 Å². The number of rotatable bonds is 6. The van der Waals surface area contributed by atoms with Crippen molar-refractivity contribution < 1.29 is 4.79 Å². The molecule has 0 unspecified atom stereocenters. The summed E-state index contributed by atoms with van der Waals surface area (Å²) < 4.78 is 1.43. The number of H-pyrrole nitrogens is 1. The lowest BCUT2D eigenvalue weighted by atomic mass is 10.0. The summed E-state index contributed by atoms with van der Waals surface area (Å²) in [5.74, 6) is -0.104. The Kier molecular flexibility index (Phi) is 6.14. The summed E-state index contributed by atoms with van der Waals surface area (Å²) in [4.78, 5) is 30.2. The van der Waals surface area contributed by atoms with Gasteiger partial charge in [-0.05, 0) is 57.1 Å². The van der Waals surface area contributed by atoms with Crippen LogP contribution in [0.5, 0.6) is 0 Å². The molecule has 0 spiro atoms. The van der Waals surface area contributed by atoms with Gasteiger partial charge in [-0.15, -0.1) is 0 Å². The van der Waals surface area contributed by atoms with E-state index in [0.717, 1.165) is 38.0 Å². The summed E-state index contributed by atoms with van der Waals surface area (Å²) in [5.41, 5.74) is 2.04. The molecule has 6 heteroatoms. The second-order valence-electron chi connectivity index (χ2n) is 7.95. The summed E-state index contributed by atoms with van der Waals surface area (Å²) in [7, 11) is 2.11. The van der Waals surface area contributed by atoms with Crippen LogP contribution in [0.25, 0.3) is 5.69 Å². The lowest BCUT2D eigenvalue weighted by Gasteiger charge is -2.37. The Hall–Kier alpha value is -3.12. The van der Waals surface area contributed by atoms with Gasteiger partial charge in [0, 0.05) is 18.7 Å². The summed E-state index contributed by atoms with van der Waals surface area (Å²) in [6.45, 7) is 2.58. The molecule has 0 radical (unpaired) electrons. The highest BCUT2D eigenvalue weighted by atomic mass is 16.2. The Morgan fingerprint density at radius 1 is 1.03 bits per heavy atom. The molecule has 0 saturated carbocycles. The average Bonchev–Trinajstić information content (AvgIpc) is 3.18. The van der Waals surface area contributed by atoms with Crippen LogP contribution in [-0.4, -0.2) is 58.2 Å². The van der Waals surface area contributed by atoms with E-state index in [1.54, 1.807) is 0 Å². The topological polar surface area (TPSA) is 61.3 Å². The third kappa shape index (κ3) is 4.54. The van der Waals surface area contributed by atoms with Gasteiger partial charge < -0.3 is 9.80 Å². The third-order valence-corrected chi connectivity index (χ3v) is 5.84. The van der Waals surface area contributed by atoms with Crippen molar-refractivity contribution in [2.24, 2.45) is 0 Å². The maximum atomic E-state index is 13.5. The minimum Gasteiger partial charge on any atom is -0.334 e. The second kappa shape index (κ2) is 9.13. The van der Waals surface area contributed by atoms with E-state index in [2.05, 4.69) is 29.2 Å². The Morgan fingerprint density at radius 3 is 2.33 bits per heavy atom. The van der Waals surface area contributed by atoms with Crippen LogP contribution >= 0.6 is 0 Å². The lowest BCUT2D eigenvalue weighted by molar-refractivity contribution is 0.0588. The highest BCUT2D eigenvalue weighted by molar-refractivity contribution is 5.92. The molecule has 1 amide bonds. The summed E-state index contributed by atoms with van der Waals surface area (Å²) in [5, 5.41) is 3.03. The minimum absolute atomic E-state index is 0.104. The predicted molar refractivity (Wildman–Crippen MR) is 118 cm³/mol. The summed E-state index contributed by atoms with van der Waals surface area (Å²) >= 11 is 0. The second-order valence-corrected chi connectivity index (χ2v) is 7.95. The first-order chi connectivity index (χ1) is 14.6. The van der Waals surface area contributed by atoms with Crippen LogP contribution in [0.1, 0.15) is 28.9 Å². The quantitative estimate of drug-likeness (QED) is 0.687. The molecule has 0 atom stereocenters. The fraction of sp³-hybridized carbons (Fsp3) is 0.333.